The maximum absolute atomic E-state index is 9.74. The molecule has 1 N–H and O–H groups in total. The average molecular weight is 440 g/mol. The average Bonchev–Trinajstić information content (AvgIpc) is 3.48. The highest BCUT2D eigenvalue weighted by molar-refractivity contribution is 5.94. The predicted octanol–water partition coefficient (Wildman–Crippen LogP) is 4.64. The fraction of sp³-hybridized carbons (Fsp3) is 0.320. The summed E-state index contributed by atoms with van der Waals surface area (Å²) in [4.78, 5) is 6.81. The summed E-state index contributed by atoms with van der Waals surface area (Å²) < 4.78 is 6.28. The number of hydrogen-bond donors (Lipinski definition) is 1. The Kier molecular flexibility index (Phi) is 5.38. The van der Waals surface area contributed by atoms with Gasteiger partial charge in [0.15, 0.2) is 0 Å². The number of aromatic amines is 1. The smallest absolute Gasteiger partial charge is 0.146 e. The van der Waals surface area contributed by atoms with E-state index in [1.807, 2.05) is 45.0 Å². The van der Waals surface area contributed by atoms with Crippen LogP contribution in [-0.4, -0.2) is 38.5 Å². The van der Waals surface area contributed by atoms with Crippen molar-refractivity contribution in [1.29, 1.82) is 5.26 Å². The number of nitrogens with one attached hydrogen (secondary N) is 1. The van der Waals surface area contributed by atoms with Crippen molar-refractivity contribution in [1.82, 2.24) is 25.4 Å². The van der Waals surface area contributed by atoms with Crippen LogP contribution in [-0.2, 0) is 0 Å². The highest BCUT2D eigenvalue weighted by Gasteiger charge is 2.20. The molecule has 4 heterocycles. The van der Waals surface area contributed by atoms with Gasteiger partial charge in [0.1, 0.15) is 29.4 Å². The Hall–Kier alpha value is -3.99. The van der Waals surface area contributed by atoms with Crippen molar-refractivity contribution in [3.05, 3.63) is 59.0 Å². The van der Waals surface area contributed by atoms with E-state index >= 15 is 0 Å². The van der Waals surface area contributed by atoms with Gasteiger partial charge in [-0.15, -0.1) is 0 Å². The molecule has 5 rings (SSSR count). The SMILES string of the molecule is Cc1cnnc(C)c1[C@@H](C)Oc1ccc2[nH]nc(-c3cnc(N4CCCC4)c(C#N)c3)c2c1. The normalized spacial score (nSPS) is 14.4. The molecule has 8 nitrogen and oxygen atoms in total. The summed E-state index contributed by atoms with van der Waals surface area (Å²) in [6, 6.07) is 10.0. The first kappa shape index (κ1) is 20.9. The summed E-state index contributed by atoms with van der Waals surface area (Å²) in [5.74, 6) is 1.49. The zero-order valence-corrected chi connectivity index (χ0v) is 19.0. The minimum Gasteiger partial charge on any atom is -0.486 e. The molecule has 0 radical (unpaired) electrons. The molecule has 1 saturated heterocycles. The van der Waals surface area contributed by atoms with Gasteiger partial charge in [-0.2, -0.15) is 20.6 Å². The highest BCUT2D eigenvalue weighted by Crippen LogP contribution is 2.33. The van der Waals surface area contributed by atoms with E-state index in [0.717, 1.165) is 76.5 Å². The Morgan fingerprint density at radius 3 is 2.73 bits per heavy atom. The summed E-state index contributed by atoms with van der Waals surface area (Å²) in [6.07, 6.45) is 5.64. The number of hydrogen-bond acceptors (Lipinski definition) is 7. The lowest BCUT2D eigenvalue weighted by Gasteiger charge is -2.18. The van der Waals surface area contributed by atoms with E-state index in [9.17, 15) is 5.26 Å². The summed E-state index contributed by atoms with van der Waals surface area (Å²) in [6.45, 7) is 7.85. The van der Waals surface area contributed by atoms with Gasteiger partial charge in [0.25, 0.3) is 0 Å². The Labute approximate surface area is 192 Å². The zero-order chi connectivity index (χ0) is 22.9. The van der Waals surface area contributed by atoms with Gasteiger partial charge in [0.2, 0.25) is 0 Å². The second kappa shape index (κ2) is 8.51. The first-order valence-electron chi connectivity index (χ1n) is 11.1. The number of nitriles is 1. The molecule has 1 fully saturated rings. The van der Waals surface area contributed by atoms with E-state index in [1.165, 1.54) is 0 Å². The largest absolute Gasteiger partial charge is 0.486 e. The summed E-state index contributed by atoms with van der Waals surface area (Å²) in [5, 5.41) is 26.4. The number of nitrogens with zero attached hydrogens (tertiary/aromatic N) is 6. The van der Waals surface area contributed by atoms with E-state index in [4.69, 9.17) is 4.74 Å². The van der Waals surface area contributed by atoms with E-state index < -0.39 is 0 Å². The number of benzene rings is 1. The molecule has 0 spiro atoms. The van der Waals surface area contributed by atoms with E-state index in [2.05, 4.69) is 36.3 Å². The van der Waals surface area contributed by atoms with Crippen LogP contribution >= 0.6 is 0 Å². The molecule has 0 aliphatic carbocycles. The van der Waals surface area contributed by atoms with Crippen molar-refractivity contribution in [2.45, 2.75) is 39.7 Å². The molecule has 3 aromatic heterocycles. The molecule has 4 aromatic rings. The third-order valence-electron chi connectivity index (χ3n) is 6.19. The number of ether oxygens (including phenoxy) is 1. The van der Waals surface area contributed by atoms with E-state index in [-0.39, 0.29) is 6.10 Å². The third-order valence-corrected chi connectivity index (χ3v) is 6.19. The van der Waals surface area contributed by atoms with Crippen LogP contribution < -0.4 is 9.64 Å². The van der Waals surface area contributed by atoms with Crippen LogP contribution in [0.5, 0.6) is 5.75 Å². The van der Waals surface area contributed by atoms with Crippen molar-refractivity contribution >= 4 is 16.7 Å². The van der Waals surface area contributed by atoms with Crippen LogP contribution in [0.25, 0.3) is 22.2 Å². The lowest BCUT2D eigenvalue weighted by atomic mass is 10.0. The molecule has 166 valence electrons. The molecule has 0 saturated carbocycles. The monoisotopic (exact) mass is 439 g/mol. The van der Waals surface area contributed by atoms with Crippen molar-refractivity contribution in [2.24, 2.45) is 0 Å². The fourth-order valence-corrected chi connectivity index (χ4v) is 4.63. The number of fused-ring (bicyclic) bond motifs is 1. The van der Waals surface area contributed by atoms with Gasteiger partial charge in [-0.05, 0) is 63.4 Å². The number of aromatic nitrogens is 5. The first-order chi connectivity index (χ1) is 16.0. The number of aryl methyl sites for hydroxylation is 2. The third kappa shape index (κ3) is 3.87. The zero-order valence-electron chi connectivity index (χ0n) is 19.0. The molecule has 1 aromatic carbocycles. The Balaban J connectivity index is 1.48. The van der Waals surface area contributed by atoms with Gasteiger partial charge in [-0.25, -0.2) is 4.98 Å². The van der Waals surface area contributed by atoms with Crippen molar-refractivity contribution in [2.75, 3.05) is 18.0 Å². The van der Waals surface area contributed by atoms with Gasteiger partial charge in [-0.1, -0.05) is 0 Å². The lowest BCUT2D eigenvalue weighted by Crippen LogP contribution is -2.20. The molecular formula is C25H25N7O. The minimum absolute atomic E-state index is 0.181. The molecule has 33 heavy (non-hydrogen) atoms. The van der Waals surface area contributed by atoms with E-state index in [0.29, 0.717) is 5.56 Å². The second-order valence-corrected chi connectivity index (χ2v) is 8.47. The maximum atomic E-state index is 9.74. The van der Waals surface area contributed by atoms with Crippen molar-refractivity contribution < 1.29 is 4.74 Å². The van der Waals surface area contributed by atoms with Crippen LogP contribution in [0.2, 0.25) is 0 Å². The Bertz CT molecular complexity index is 1340. The van der Waals surface area contributed by atoms with Crippen LogP contribution in [0.1, 0.15) is 48.3 Å². The van der Waals surface area contributed by atoms with Crippen LogP contribution in [0.15, 0.2) is 36.7 Å². The number of anilines is 1. The van der Waals surface area contributed by atoms with Crippen molar-refractivity contribution in [3.8, 4) is 23.1 Å². The van der Waals surface area contributed by atoms with Crippen molar-refractivity contribution in [3.63, 3.8) is 0 Å². The fourth-order valence-electron chi connectivity index (χ4n) is 4.63. The number of H-pyrrole nitrogens is 1. The summed E-state index contributed by atoms with van der Waals surface area (Å²) in [5.41, 5.74) is 5.97. The Morgan fingerprint density at radius 2 is 1.97 bits per heavy atom. The molecule has 0 amide bonds. The van der Waals surface area contributed by atoms with Gasteiger partial charge >= 0.3 is 0 Å². The van der Waals surface area contributed by atoms with Gasteiger partial charge in [0, 0.05) is 35.8 Å². The van der Waals surface area contributed by atoms with Gasteiger partial charge in [-0.3, -0.25) is 5.10 Å². The number of pyridine rings is 1. The second-order valence-electron chi connectivity index (χ2n) is 8.47. The highest BCUT2D eigenvalue weighted by atomic mass is 16.5. The van der Waals surface area contributed by atoms with Crippen LogP contribution in [0, 0.1) is 25.2 Å². The number of rotatable bonds is 5. The molecule has 1 atom stereocenters. The summed E-state index contributed by atoms with van der Waals surface area (Å²) in [7, 11) is 0. The Morgan fingerprint density at radius 1 is 1.15 bits per heavy atom. The molecule has 0 bridgehead atoms. The lowest BCUT2D eigenvalue weighted by molar-refractivity contribution is 0.225. The predicted molar refractivity (Wildman–Crippen MR) is 126 cm³/mol. The van der Waals surface area contributed by atoms with Gasteiger partial charge in [0.05, 0.1) is 23.0 Å². The maximum Gasteiger partial charge on any atom is 0.146 e. The van der Waals surface area contributed by atoms with Gasteiger partial charge < -0.3 is 9.64 Å². The van der Waals surface area contributed by atoms with E-state index in [1.54, 1.807) is 12.4 Å². The molecular weight excluding hydrogens is 414 g/mol. The minimum atomic E-state index is -0.181. The first-order valence-corrected chi connectivity index (χ1v) is 11.1. The van der Waals surface area contributed by atoms with Crippen LogP contribution in [0.3, 0.4) is 0 Å². The molecule has 1 aliphatic rings. The molecule has 1 aliphatic heterocycles. The topological polar surface area (TPSA) is 104 Å². The molecule has 0 unspecified atom stereocenters. The van der Waals surface area contributed by atoms with Crippen LogP contribution in [0.4, 0.5) is 5.82 Å². The standard InChI is InChI=1S/C25H25N7O/c1-15-13-28-29-16(2)23(15)17(3)33-20-6-7-22-21(11-20)24(31-30-22)19-10-18(12-26)25(27-14-19)32-8-4-5-9-32/h6-7,10-11,13-14,17H,4-5,8-9H2,1-3H3,(H,30,31)/t17-/m1/s1. The summed E-state index contributed by atoms with van der Waals surface area (Å²) >= 11 is 0. The molecule has 8 heteroatoms. The quantitative estimate of drug-likeness (QED) is 0.483.